The number of methoxy groups -OCH3 is 1. The second-order valence-corrected chi connectivity index (χ2v) is 9.29. The van der Waals surface area contributed by atoms with Gasteiger partial charge in [0.1, 0.15) is 17.2 Å². The largest absolute Gasteiger partial charge is 0.465 e. The first-order chi connectivity index (χ1) is 17.4. The Morgan fingerprint density at radius 2 is 1.75 bits per heavy atom. The Labute approximate surface area is 214 Å². The van der Waals surface area contributed by atoms with Gasteiger partial charge in [-0.15, -0.1) is 11.3 Å². The number of nitrogens with one attached hydrogen (secondary N) is 1. The van der Waals surface area contributed by atoms with Crippen LogP contribution in [0.15, 0.2) is 54.0 Å². The van der Waals surface area contributed by atoms with Crippen molar-refractivity contribution in [1.29, 1.82) is 0 Å². The first-order valence-corrected chi connectivity index (χ1v) is 12.6. The van der Waals surface area contributed by atoms with Gasteiger partial charge in [0.15, 0.2) is 11.4 Å². The molecule has 1 aromatic heterocycles. The van der Waals surface area contributed by atoms with Gasteiger partial charge in [-0.2, -0.15) is 0 Å². The third kappa shape index (κ3) is 6.60. The SMILES string of the molecule is CCC(OC)Oc1cc(Oc2ccc(C(=O)N3CCN(C)CC3)cc2)cc(C(=O)Nc2nccs2)c1. The van der Waals surface area contributed by atoms with E-state index >= 15 is 0 Å². The molecule has 4 rings (SSSR count). The molecule has 9 nitrogen and oxygen atoms in total. The molecule has 1 aliphatic heterocycles. The van der Waals surface area contributed by atoms with Crippen LogP contribution in [0, 0.1) is 0 Å². The molecule has 0 radical (unpaired) electrons. The average molecular weight is 511 g/mol. The highest BCUT2D eigenvalue weighted by molar-refractivity contribution is 7.13. The fourth-order valence-corrected chi connectivity index (χ4v) is 4.25. The number of aromatic nitrogens is 1. The van der Waals surface area contributed by atoms with Crippen LogP contribution in [-0.4, -0.2) is 73.2 Å². The molecule has 0 bridgehead atoms. The van der Waals surface area contributed by atoms with Gasteiger partial charge in [-0.3, -0.25) is 14.9 Å². The highest BCUT2D eigenvalue weighted by Crippen LogP contribution is 2.29. The minimum Gasteiger partial charge on any atom is -0.465 e. The predicted molar refractivity (Wildman–Crippen MR) is 138 cm³/mol. The highest BCUT2D eigenvalue weighted by atomic mass is 32.1. The number of rotatable bonds is 9. The van der Waals surface area contributed by atoms with Crippen molar-refractivity contribution in [3.8, 4) is 17.2 Å². The summed E-state index contributed by atoms with van der Waals surface area (Å²) in [4.78, 5) is 33.8. The topological polar surface area (TPSA) is 93.2 Å². The monoisotopic (exact) mass is 510 g/mol. The third-order valence-corrected chi connectivity index (χ3v) is 6.47. The summed E-state index contributed by atoms with van der Waals surface area (Å²) in [6.07, 6.45) is 1.79. The number of carbonyl (C=O) groups excluding carboxylic acids is 2. The molecule has 0 spiro atoms. The molecule has 10 heteroatoms. The van der Waals surface area contributed by atoms with Crippen LogP contribution in [0.25, 0.3) is 0 Å². The van der Waals surface area contributed by atoms with E-state index in [4.69, 9.17) is 14.2 Å². The summed E-state index contributed by atoms with van der Waals surface area (Å²) in [5.41, 5.74) is 0.962. The number of benzene rings is 2. The van der Waals surface area contributed by atoms with Crippen LogP contribution in [0.2, 0.25) is 0 Å². The molecule has 0 aliphatic carbocycles. The number of piperazine rings is 1. The number of hydrogen-bond acceptors (Lipinski definition) is 8. The minimum absolute atomic E-state index is 0.0105. The fraction of sp³-hybridized carbons (Fsp3) is 0.346. The van der Waals surface area contributed by atoms with Crippen LogP contribution >= 0.6 is 11.3 Å². The lowest BCUT2D eigenvalue weighted by Crippen LogP contribution is -2.47. The van der Waals surface area contributed by atoms with Crippen LogP contribution in [0.1, 0.15) is 34.1 Å². The van der Waals surface area contributed by atoms with E-state index in [2.05, 4.69) is 22.2 Å². The van der Waals surface area contributed by atoms with E-state index < -0.39 is 6.29 Å². The van der Waals surface area contributed by atoms with Gasteiger partial charge in [0.05, 0.1) is 0 Å². The van der Waals surface area contributed by atoms with Crippen molar-refractivity contribution in [3.63, 3.8) is 0 Å². The van der Waals surface area contributed by atoms with E-state index in [0.29, 0.717) is 53.0 Å². The molecule has 1 N–H and O–H groups in total. The maximum atomic E-state index is 12.9. The normalized spacial score (nSPS) is 14.8. The van der Waals surface area contributed by atoms with Crippen LogP contribution in [0.5, 0.6) is 17.2 Å². The highest BCUT2D eigenvalue weighted by Gasteiger charge is 2.20. The number of nitrogens with zero attached hydrogens (tertiary/aromatic N) is 3. The van der Waals surface area contributed by atoms with E-state index in [-0.39, 0.29) is 11.8 Å². The summed E-state index contributed by atoms with van der Waals surface area (Å²) in [7, 11) is 3.62. The Balaban J connectivity index is 1.51. The molecule has 1 saturated heterocycles. The Kier molecular flexibility index (Phi) is 8.52. The van der Waals surface area contributed by atoms with Crippen molar-refractivity contribution >= 4 is 28.3 Å². The molecular formula is C26H30N4O5S. The fourth-order valence-electron chi connectivity index (χ4n) is 3.73. The summed E-state index contributed by atoms with van der Waals surface area (Å²) >= 11 is 1.33. The molecule has 1 atom stereocenters. The zero-order valence-corrected chi connectivity index (χ0v) is 21.4. The summed E-state index contributed by atoms with van der Waals surface area (Å²) in [5.74, 6) is 1.07. The van der Waals surface area contributed by atoms with Gasteiger partial charge in [-0.05, 0) is 43.4 Å². The third-order valence-electron chi connectivity index (χ3n) is 5.79. The standard InChI is InChI=1S/C26H30N4O5S/c1-4-23(33-3)35-22-16-19(24(31)28-26-27-9-14-36-26)15-21(17-22)34-20-7-5-18(6-8-20)25(32)30-12-10-29(2)11-13-30/h5-9,14-17,23H,4,10-13H2,1-3H3,(H,27,28,31). The molecule has 1 fully saturated rings. The molecule has 2 amide bonds. The predicted octanol–water partition coefficient (Wildman–Crippen LogP) is 4.34. The van der Waals surface area contributed by atoms with Gasteiger partial charge in [0.2, 0.25) is 0 Å². The molecule has 1 unspecified atom stereocenters. The lowest BCUT2D eigenvalue weighted by atomic mass is 10.1. The van der Waals surface area contributed by atoms with Gasteiger partial charge in [-0.1, -0.05) is 6.92 Å². The molecular weight excluding hydrogens is 480 g/mol. The van der Waals surface area contributed by atoms with Gasteiger partial charge in [-0.25, -0.2) is 4.98 Å². The molecule has 0 saturated carbocycles. The lowest BCUT2D eigenvalue weighted by Gasteiger charge is -2.32. The summed E-state index contributed by atoms with van der Waals surface area (Å²) in [5, 5.41) is 5.05. The van der Waals surface area contributed by atoms with E-state index in [1.165, 1.54) is 11.3 Å². The average Bonchev–Trinajstić information content (AvgIpc) is 3.40. The Morgan fingerprint density at radius 1 is 1.03 bits per heavy atom. The van der Waals surface area contributed by atoms with Crippen LogP contribution in [0.3, 0.4) is 0 Å². The molecule has 2 aromatic carbocycles. The van der Waals surface area contributed by atoms with Gasteiger partial charge < -0.3 is 24.0 Å². The Bertz CT molecular complexity index is 1160. The van der Waals surface area contributed by atoms with Crippen molar-refractivity contribution in [3.05, 3.63) is 65.2 Å². The molecule has 36 heavy (non-hydrogen) atoms. The summed E-state index contributed by atoms with van der Waals surface area (Å²) in [6.45, 7) is 5.10. The van der Waals surface area contributed by atoms with Crippen molar-refractivity contribution in [1.82, 2.24) is 14.8 Å². The van der Waals surface area contributed by atoms with Gasteiger partial charge in [0.25, 0.3) is 11.8 Å². The quantitative estimate of drug-likeness (QED) is 0.428. The van der Waals surface area contributed by atoms with E-state index in [1.807, 2.05) is 11.8 Å². The van der Waals surface area contributed by atoms with Crippen molar-refractivity contribution < 1.29 is 23.8 Å². The number of anilines is 1. The number of carbonyl (C=O) groups is 2. The number of hydrogen-bond donors (Lipinski definition) is 1. The number of ether oxygens (including phenoxy) is 3. The first kappa shape index (κ1) is 25.6. The van der Waals surface area contributed by atoms with E-state index in [9.17, 15) is 9.59 Å². The van der Waals surface area contributed by atoms with E-state index in [1.54, 1.807) is 61.2 Å². The lowest BCUT2D eigenvalue weighted by molar-refractivity contribution is -0.0549. The van der Waals surface area contributed by atoms with Crippen LogP contribution in [0.4, 0.5) is 5.13 Å². The summed E-state index contributed by atoms with van der Waals surface area (Å²) < 4.78 is 17.3. The maximum Gasteiger partial charge on any atom is 0.257 e. The van der Waals surface area contributed by atoms with Crippen molar-refractivity contribution in [2.24, 2.45) is 0 Å². The molecule has 1 aliphatic rings. The smallest absolute Gasteiger partial charge is 0.257 e. The maximum absolute atomic E-state index is 12.9. The summed E-state index contributed by atoms with van der Waals surface area (Å²) in [6, 6.07) is 12.0. The molecule has 190 valence electrons. The number of thiazole rings is 1. The number of likely N-dealkylation sites (N-methyl/N-ethyl adjacent to an activating group) is 1. The Morgan fingerprint density at radius 3 is 2.39 bits per heavy atom. The zero-order valence-electron chi connectivity index (χ0n) is 20.6. The van der Waals surface area contributed by atoms with Gasteiger partial charge in [0, 0.05) is 68.5 Å². The molecule has 3 aromatic rings. The molecule has 2 heterocycles. The zero-order chi connectivity index (χ0) is 25.5. The Hall–Kier alpha value is -3.47. The minimum atomic E-state index is -0.463. The first-order valence-electron chi connectivity index (χ1n) is 11.8. The van der Waals surface area contributed by atoms with Crippen LogP contribution < -0.4 is 14.8 Å². The van der Waals surface area contributed by atoms with Crippen molar-refractivity contribution in [2.45, 2.75) is 19.6 Å². The van der Waals surface area contributed by atoms with Crippen molar-refractivity contribution in [2.75, 3.05) is 45.7 Å². The van der Waals surface area contributed by atoms with Gasteiger partial charge >= 0.3 is 0 Å². The van der Waals surface area contributed by atoms with E-state index in [0.717, 1.165) is 13.1 Å². The number of amides is 2. The second-order valence-electron chi connectivity index (χ2n) is 8.40. The second kappa shape index (κ2) is 12.0. The van der Waals surface area contributed by atoms with Crippen LogP contribution in [-0.2, 0) is 4.74 Å².